The Labute approximate surface area is 169 Å². The standard InChI is InChI=1S/C17H20BrN3O5S/c1-4-6-26-16(23)13-10(3)14(17(24)25-5-2)27-15(13)20-12(22)9-21-8-11(18)7-19-21/h7-8H,4-6,9H2,1-3H3,(H,20,22). The van der Waals surface area contributed by atoms with Crippen LogP contribution in [-0.4, -0.2) is 40.8 Å². The lowest BCUT2D eigenvalue weighted by Gasteiger charge is -2.08. The Morgan fingerprint density at radius 3 is 2.59 bits per heavy atom. The quantitative estimate of drug-likeness (QED) is 0.609. The van der Waals surface area contributed by atoms with Crippen LogP contribution >= 0.6 is 27.3 Å². The van der Waals surface area contributed by atoms with Gasteiger partial charge in [0.25, 0.3) is 0 Å². The average Bonchev–Trinajstić information content (AvgIpc) is 3.16. The zero-order chi connectivity index (χ0) is 20.0. The van der Waals surface area contributed by atoms with Crippen LogP contribution in [0.1, 0.15) is 45.9 Å². The minimum atomic E-state index is -0.585. The second-order valence-corrected chi connectivity index (χ2v) is 7.46. The van der Waals surface area contributed by atoms with Crippen LogP contribution in [0.15, 0.2) is 16.9 Å². The number of ether oxygens (including phenoxy) is 2. The van der Waals surface area contributed by atoms with E-state index in [-0.39, 0.29) is 41.1 Å². The number of hydrogen-bond donors (Lipinski definition) is 1. The summed E-state index contributed by atoms with van der Waals surface area (Å²) in [7, 11) is 0. The number of nitrogens with zero attached hydrogens (tertiary/aromatic N) is 2. The summed E-state index contributed by atoms with van der Waals surface area (Å²) in [5.74, 6) is -1.51. The summed E-state index contributed by atoms with van der Waals surface area (Å²) in [5, 5.41) is 6.95. The summed E-state index contributed by atoms with van der Waals surface area (Å²) < 4.78 is 12.4. The third-order valence-electron chi connectivity index (χ3n) is 3.41. The van der Waals surface area contributed by atoms with E-state index in [1.165, 1.54) is 4.68 Å². The molecule has 0 aromatic carbocycles. The van der Waals surface area contributed by atoms with Crippen LogP contribution in [0.5, 0.6) is 0 Å². The van der Waals surface area contributed by atoms with Gasteiger partial charge >= 0.3 is 11.9 Å². The molecule has 0 bridgehead atoms. The molecule has 2 rings (SSSR count). The molecule has 0 saturated heterocycles. The van der Waals surface area contributed by atoms with E-state index in [2.05, 4.69) is 26.3 Å². The van der Waals surface area contributed by atoms with Crippen molar-refractivity contribution in [1.82, 2.24) is 9.78 Å². The first-order chi connectivity index (χ1) is 12.9. The molecule has 0 aliphatic rings. The van der Waals surface area contributed by atoms with Gasteiger partial charge in [0.1, 0.15) is 16.4 Å². The molecular formula is C17H20BrN3O5S. The van der Waals surface area contributed by atoms with E-state index in [9.17, 15) is 14.4 Å². The van der Waals surface area contributed by atoms with Crippen molar-refractivity contribution in [3.05, 3.63) is 32.9 Å². The number of esters is 2. The fourth-order valence-corrected chi connectivity index (χ4v) is 3.68. The van der Waals surface area contributed by atoms with Crippen LogP contribution in [0.3, 0.4) is 0 Å². The summed E-state index contributed by atoms with van der Waals surface area (Å²) in [4.78, 5) is 37.2. The van der Waals surface area contributed by atoms with E-state index in [0.29, 0.717) is 12.0 Å². The molecule has 27 heavy (non-hydrogen) atoms. The lowest BCUT2D eigenvalue weighted by atomic mass is 10.1. The molecule has 0 aliphatic heterocycles. The Bertz CT molecular complexity index is 846. The van der Waals surface area contributed by atoms with Crippen molar-refractivity contribution in [3.8, 4) is 0 Å². The number of anilines is 1. The SMILES string of the molecule is CCCOC(=O)c1c(NC(=O)Cn2cc(Br)cn2)sc(C(=O)OCC)c1C. The molecule has 1 N–H and O–H groups in total. The highest BCUT2D eigenvalue weighted by Crippen LogP contribution is 2.34. The molecule has 2 aromatic heterocycles. The molecule has 0 unspecified atom stereocenters. The highest BCUT2D eigenvalue weighted by molar-refractivity contribution is 9.10. The van der Waals surface area contributed by atoms with Crippen molar-refractivity contribution in [2.45, 2.75) is 33.7 Å². The lowest BCUT2D eigenvalue weighted by molar-refractivity contribution is -0.116. The average molecular weight is 458 g/mol. The van der Waals surface area contributed by atoms with Gasteiger partial charge in [0.2, 0.25) is 5.91 Å². The molecule has 0 radical (unpaired) electrons. The van der Waals surface area contributed by atoms with Gasteiger partial charge in [-0.3, -0.25) is 9.48 Å². The number of thiophene rings is 1. The van der Waals surface area contributed by atoms with Crippen LogP contribution in [0.4, 0.5) is 5.00 Å². The van der Waals surface area contributed by atoms with Crippen molar-refractivity contribution in [2.24, 2.45) is 0 Å². The number of nitrogens with one attached hydrogen (secondary N) is 1. The fourth-order valence-electron chi connectivity index (χ4n) is 2.24. The Hall–Kier alpha value is -2.20. The molecule has 2 heterocycles. The number of rotatable bonds is 8. The zero-order valence-electron chi connectivity index (χ0n) is 15.2. The number of carbonyl (C=O) groups excluding carboxylic acids is 3. The molecule has 1 amide bonds. The summed E-state index contributed by atoms with van der Waals surface area (Å²) >= 11 is 4.26. The normalized spacial score (nSPS) is 10.5. The largest absolute Gasteiger partial charge is 0.462 e. The third-order valence-corrected chi connectivity index (χ3v) is 5.01. The number of halogens is 1. The summed E-state index contributed by atoms with van der Waals surface area (Å²) in [6.07, 6.45) is 3.88. The predicted octanol–water partition coefficient (Wildman–Crippen LogP) is 3.40. The second-order valence-electron chi connectivity index (χ2n) is 5.52. The van der Waals surface area contributed by atoms with E-state index >= 15 is 0 Å². The van der Waals surface area contributed by atoms with Gasteiger partial charge in [0, 0.05) is 6.20 Å². The third kappa shape index (κ3) is 5.39. The van der Waals surface area contributed by atoms with E-state index in [4.69, 9.17) is 9.47 Å². The van der Waals surface area contributed by atoms with Crippen molar-refractivity contribution in [2.75, 3.05) is 18.5 Å². The van der Waals surface area contributed by atoms with E-state index in [1.54, 1.807) is 26.2 Å². The van der Waals surface area contributed by atoms with Crippen molar-refractivity contribution >= 4 is 50.1 Å². The maximum Gasteiger partial charge on any atom is 0.348 e. The topological polar surface area (TPSA) is 99.5 Å². The first kappa shape index (κ1) is 21.1. The van der Waals surface area contributed by atoms with Gasteiger partial charge in [-0.15, -0.1) is 11.3 Å². The van der Waals surface area contributed by atoms with Gasteiger partial charge in [0.05, 0.1) is 29.4 Å². The Morgan fingerprint density at radius 2 is 2.00 bits per heavy atom. The Kier molecular flexibility index (Phi) is 7.55. The molecule has 0 fully saturated rings. The zero-order valence-corrected chi connectivity index (χ0v) is 17.6. The number of hydrogen-bond acceptors (Lipinski definition) is 7. The first-order valence-electron chi connectivity index (χ1n) is 8.32. The molecular weight excluding hydrogens is 438 g/mol. The number of carbonyl (C=O) groups is 3. The van der Waals surface area contributed by atoms with E-state index in [0.717, 1.165) is 15.8 Å². The van der Waals surface area contributed by atoms with Gasteiger partial charge in [-0.05, 0) is 41.8 Å². The smallest absolute Gasteiger partial charge is 0.348 e. The van der Waals surface area contributed by atoms with Crippen LogP contribution in [0.25, 0.3) is 0 Å². The summed E-state index contributed by atoms with van der Waals surface area (Å²) in [6, 6.07) is 0. The number of amides is 1. The molecule has 0 atom stereocenters. The van der Waals surface area contributed by atoms with Gasteiger partial charge in [-0.1, -0.05) is 6.92 Å². The summed E-state index contributed by atoms with van der Waals surface area (Å²) in [6.45, 7) is 5.62. The van der Waals surface area contributed by atoms with Gasteiger partial charge in [-0.2, -0.15) is 5.10 Å². The van der Waals surface area contributed by atoms with Gasteiger partial charge in [0.15, 0.2) is 0 Å². The van der Waals surface area contributed by atoms with Crippen molar-refractivity contribution in [3.63, 3.8) is 0 Å². The molecule has 0 saturated carbocycles. The molecule has 0 aliphatic carbocycles. The van der Waals surface area contributed by atoms with Gasteiger partial charge < -0.3 is 14.8 Å². The Balaban J connectivity index is 2.28. The van der Waals surface area contributed by atoms with Crippen LogP contribution in [0.2, 0.25) is 0 Å². The maximum atomic E-state index is 12.4. The lowest BCUT2D eigenvalue weighted by Crippen LogP contribution is -2.20. The van der Waals surface area contributed by atoms with Crippen molar-refractivity contribution < 1.29 is 23.9 Å². The fraction of sp³-hybridized carbons (Fsp3) is 0.412. The minimum Gasteiger partial charge on any atom is -0.462 e. The highest BCUT2D eigenvalue weighted by atomic mass is 79.9. The first-order valence-corrected chi connectivity index (χ1v) is 9.93. The van der Waals surface area contributed by atoms with E-state index < -0.39 is 11.9 Å². The molecule has 2 aromatic rings. The molecule has 8 nitrogen and oxygen atoms in total. The molecule has 146 valence electrons. The van der Waals surface area contributed by atoms with Crippen LogP contribution < -0.4 is 5.32 Å². The van der Waals surface area contributed by atoms with Crippen LogP contribution in [0, 0.1) is 6.92 Å². The summed E-state index contributed by atoms with van der Waals surface area (Å²) in [5.41, 5.74) is 0.600. The highest BCUT2D eigenvalue weighted by Gasteiger charge is 2.27. The van der Waals surface area contributed by atoms with Crippen molar-refractivity contribution in [1.29, 1.82) is 0 Å². The number of aromatic nitrogens is 2. The predicted molar refractivity (Wildman–Crippen MR) is 104 cm³/mol. The monoisotopic (exact) mass is 457 g/mol. The van der Waals surface area contributed by atoms with Gasteiger partial charge in [-0.25, -0.2) is 9.59 Å². The van der Waals surface area contributed by atoms with Crippen LogP contribution in [-0.2, 0) is 20.8 Å². The molecule has 0 spiro atoms. The Morgan fingerprint density at radius 1 is 1.26 bits per heavy atom. The minimum absolute atomic E-state index is 0.0409. The second kappa shape index (κ2) is 9.65. The maximum absolute atomic E-state index is 12.4. The van der Waals surface area contributed by atoms with E-state index in [1.807, 2.05) is 6.92 Å². The molecule has 10 heteroatoms.